The number of hydrogen-bond acceptors (Lipinski definition) is 3. The van der Waals surface area contributed by atoms with Gasteiger partial charge in [-0.25, -0.2) is 0 Å². The zero-order valence-electron chi connectivity index (χ0n) is 16.7. The van der Waals surface area contributed by atoms with Crippen LogP contribution in [0.5, 0.6) is 0 Å². The molecule has 154 valence electrons. The number of benzene rings is 2. The molecule has 0 fully saturated rings. The highest BCUT2D eigenvalue weighted by molar-refractivity contribution is 5.96. The van der Waals surface area contributed by atoms with Gasteiger partial charge in [0.15, 0.2) is 0 Å². The van der Waals surface area contributed by atoms with E-state index in [2.05, 4.69) is 5.32 Å². The van der Waals surface area contributed by atoms with E-state index in [9.17, 15) is 14.4 Å². The Morgan fingerprint density at radius 1 is 0.933 bits per heavy atom. The largest absolute Gasteiger partial charge is 0.366 e. The van der Waals surface area contributed by atoms with Crippen molar-refractivity contribution in [1.29, 1.82) is 0 Å². The molecule has 0 aliphatic rings. The van der Waals surface area contributed by atoms with Crippen LogP contribution >= 0.6 is 0 Å². The molecular weight excluding hydrogens is 380 g/mol. The summed E-state index contributed by atoms with van der Waals surface area (Å²) in [4.78, 5) is 37.8. The summed E-state index contributed by atoms with van der Waals surface area (Å²) in [5.74, 6) is -0.849. The number of carbonyl (C=O) groups is 3. The first-order valence-corrected chi connectivity index (χ1v) is 9.70. The van der Waals surface area contributed by atoms with E-state index >= 15 is 0 Å². The average molecular weight is 404 g/mol. The van der Waals surface area contributed by atoms with Crippen molar-refractivity contribution in [2.24, 2.45) is 5.73 Å². The molecule has 0 atom stereocenters. The van der Waals surface area contributed by atoms with Gasteiger partial charge in [0.1, 0.15) is 0 Å². The van der Waals surface area contributed by atoms with Crippen LogP contribution in [0.25, 0.3) is 5.69 Å². The number of anilines is 1. The Labute approximate surface area is 175 Å². The van der Waals surface area contributed by atoms with Crippen LogP contribution in [0.4, 0.5) is 5.69 Å². The number of nitrogens with zero attached hydrogens (tertiary/aromatic N) is 2. The maximum atomic E-state index is 12.8. The molecule has 0 bridgehead atoms. The highest BCUT2D eigenvalue weighted by Crippen LogP contribution is 2.13. The third-order valence-corrected chi connectivity index (χ3v) is 4.75. The Kier molecular flexibility index (Phi) is 6.64. The lowest BCUT2D eigenvalue weighted by atomic mass is 10.1. The SMILES string of the molecule is CCN(CCC(=O)Nc1ccc(C(N)=O)cc1)C(=O)c1ccc(-n2cccc2)cc1. The van der Waals surface area contributed by atoms with Crippen LogP contribution in [0.1, 0.15) is 34.1 Å². The highest BCUT2D eigenvalue weighted by atomic mass is 16.2. The molecule has 0 unspecified atom stereocenters. The van der Waals surface area contributed by atoms with Crippen molar-refractivity contribution >= 4 is 23.4 Å². The summed E-state index contributed by atoms with van der Waals surface area (Å²) in [5.41, 5.74) is 7.70. The van der Waals surface area contributed by atoms with Gasteiger partial charge < -0.3 is 20.5 Å². The lowest BCUT2D eigenvalue weighted by Gasteiger charge is -2.21. The van der Waals surface area contributed by atoms with Gasteiger partial charge in [0.2, 0.25) is 11.8 Å². The van der Waals surface area contributed by atoms with Crippen molar-refractivity contribution in [2.75, 3.05) is 18.4 Å². The maximum Gasteiger partial charge on any atom is 0.253 e. The number of hydrogen-bond donors (Lipinski definition) is 2. The predicted molar refractivity (Wildman–Crippen MR) is 116 cm³/mol. The Balaban J connectivity index is 1.55. The molecular formula is C23H24N4O3. The number of aromatic nitrogens is 1. The van der Waals surface area contributed by atoms with Crippen molar-refractivity contribution in [3.05, 3.63) is 84.2 Å². The van der Waals surface area contributed by atoms with E-state index in [1.807, 2.05) is 48.1 Å². The normalized spacial score (nSPS) is 10.4. The van der Waals surface area contributed by atoms with Gasteiger partial charge in [0.25, 0.3) is 5.91 Å². The van der Waals surface area contributed by atoms with Gasteiger partial charge in [-0.15, -0.1) is 0 Å². The molecule has 2 aromatic carbocycles. The second-order valence-corrected chi connectivity index (χ2v) is 6.76. The zero-order valence-corrected chi connectivity index (χ0v) is 16.7. The molecule has 0 aliphatic heterocycles. The number of nitrogens with one attached hydrogen (secondary N) is 1. The first-order valence-electron chi connectivity index (χ1n) is 9.70. The van der Waals surface area contributed by atoms with Crippen LogP contribution in [-0.4, -0.2) is 40.3 Å². The average Bonchev–Trinajstić information content (AvgIpc) is 3.29. The Morgan fingerprint density at radius 3 is 2.10 bits per heavy atom. The van der Waals surface area contributed by atoms with E-state index in [-0.39, 0.29) is 18.2 Å². The molecule has 0 radical (unpaired) electrons. The van der Waals surface area contributed by atoms with Crippen molar-refractivity contribution < 1.29 is 14.4 Å². The third-order valence-electron chi connectivity index (χ3n) is 4.75. The number of nitrogens with two attached hydrogens (primary N) is 1. The number of rotatable bonds is 8. The maximum absolute atomic E-state index is 12.8. The topological polar surface area (TPSA) is 97.4 Å². The van der Waals surface area contributed by atoms with Crippen LogP contribution in [-0.2, 0) is 4.79 Å². The molecule has 1 aromatic heterocycles. The Morgan fingerprint density at radius 2 is 1.53 bits per heavy atom. The van der Waals surface area contributed by atoms with Gasteiger partial charge in [-0.3, -0.25) is 14.4 Å². The van der Waals surface area contributed by atoms with Gasteiger partial charge in [-0.2, -0.15) is 0 Å². The molecule has 0 aliphatic carbocycles. The highest BCUT2D eigenvalue weighted by Gasteiger charge is 2.16. The van der Waals surface area contributed by atoms with E-state index in [4.69, 9.17) is 5.73 Å². The van der Waals surface area contributed by atoms with Crippen LogP contribution in [0, 0.1) is 0 Å². The van der Waals surface area contributed by atoms with Crippen molar-refractivity contribution in [3.8, 4) is 5.69 Å². The van der Waals surface area contributed by atoms with Crippen LogP contribution in [0.2, 0.25) is 0 Å². The summed E-state index contributed by atoms with van der Waals surface area (Å²) in [6, 6.07) is 17.6. The molecule has 3 amide bonds. The molecule has 0 saturated carbocycles. The monoisotopic (exact) mass is 404 g/mol. The lowest BCUT2D eigenvalue weighted by Crippen LogP contribution is -2.33. The van der Waals surface area contributed by atoms with E-state index < -0.39 is 5.91 Å². The van der Waals surface area contributed by atoms with Crippen molar-refractivity contribution in [3.63, 3.8) is 0 Å². The second-order valence-electron chi connectivity index (χ2n) is 6.76. The summed E-state index contributed by atoms with van der Waals surface area (Å²) < 4.78 is 1.96. The summed E-state index contributed by atoms with van der Waals surface area (Å²) in [6.45, 7) is 2.69. The molecule has 30 heavy (non-hydrogen) atoms. The molecule has 7 nitrogen and oxygen atoms in total. The zero-order chi connectivity index (χ0) is 21.5. The van der Waals surface area contributed by atoms with Crippen LogP contribution < -0.4 is 11.1 Å². The Bertz CT molecular complexity index is 1010. The minimum Gasteiger partial charge on any atom is -0.366 e. The number of carbonyl (C=O) groups excluding carboxylic acids is 3. The fraction of sp³-hybridized carbons (Fsp3) is 0.174. The molecule has 3 aromatic rings. The van der Waals surface area contributed by atoms with Crippen LogP contribution in [0.15, 0.2) is 73.1 Å². The second kappa shape index (κ2) is 9.56. The lowest BCUT2D eigenvalue weighted by molar-refractivity contribution is -0.116. The molecule has 0 saturated heterocycles. The van der Waals surface area contributed by atoms with Crippen LogP contribution in [0.3, 0.4) is 0 Å². The van der Waals surface area contributed by atoms with E-state index in [0.29, 0.717) is 29.9 Å². The quantitative estimate of drug-likeness (QED) is 0.604. The molecule has 1 heterocycles. The summed E-state index contributed by atoms with van der Waals surface area (Å²) in [6.07, 6.45) is 4.04. The van der Waals surface area contributed by atoms with Crippen molar-refractivity contribution in [2.45, 2.75) is 13.3 Å². The predicted octanol–water partition coefficient (Wildman–Crippen LogP) is 3.07. The van der Waals surface area contributed by atoms with E-state index in [1.54, 1.807) is 41.3 Å². The molecule has 3 rings (SSSR count). The smallest absolute Gasteiger partial charge is 0.253 e. The first-order chi connectivity index (χ1) is 14.5. The minimum atomic E-state index is -0.522. The molecule has 0 spiro atoms. The fourth-order valence-corrected chi connectivity index (χ4v) is 3.05. The molecule has 7 heteroatoms. The standard InChI is InChI=1S/C23H24N4O3/c1-2-26(16-13-21(28)25-19-9-5-17(6-10-19)22(24)29)23(30)18-7-11-20(12-8-18)27-14-3-4-15-27/h3-12,14-15H,2,13,16H2,1H3,(H2,24,29)(H,25,28). The fourth-order valence-electron chi connectivity index (χ4n) is 3.05. The van der Waals surface area contributed by atoms with E-state index in [1.165, 1.54) is 0 Å². The van der Waals surface area contributed by atoms with Gasteiger partial charge in [-0.05, 0) is 67.6 Å². The van der Waals surface area contributed by atoms with E-state index in [0.717, 1.165) is 5.69 Å². The first kappa shape index (κ1) is 20.9. The number of amides is 3. The van der Waals surface area contributed by atoms with Gasteiger partial charge in [0.05, 0.1) is 0 Å². The van der Waals surface area contributed by atoms with Gasteiger partial charge in [0, 0.05) is 54.4 Å². The van der Waals surface area contributed by atoms with Gasteiger partial charge in [-0.1, -0.05) is 0 Å². The summed E-state index contributed by atoms with van der Waals surface area (Å²) in [5, 5.41) is 2.76. The van der Waals surface area contributed by atoms with Gasteiger partial charge >= 0.3 is 0 Å². The van der Waals surface area contributed by atoms with Crippen molar-refractivity contribution in [1.82, 2.24) is 9.47 Å². The summed E-state index contributed by atoms with van der Waals surface area (Å²) in [7, 11) is 0. The molecule has 3 N–H and O–H groups in total. The minimum absolute atomic E-state index is 0.116. The third kappa shape index (κ3) is 5.14. The Hall–Kier alpha value is -3.87. The number of primary amides is 1. The summed E-state index contributed by atoms with van der Waals surface area (Å²) >= 11 is 0.